The molecule has 3 N–H and O–H groups in total. The summed E-state index contributed by atoms with van der Waals surface area (Å²) in [5, 5.41) is 18.5. The second-order valence-corrected chi connectivity index (χ2v) is 5.80. The third-order valence-electron chi connectivity index (χ3n) is 3.41. The lowest BCUT2D eigenvalue weighted by atomic mass is 10.1. The van der Waals surface area contributed by atoms with Crippen molar-refractivity contribution in [3.63, 3.8) is 0 Å². The van der Waals surface area contributed by atoms with E-state index in [0.717, 1.165) is 0 Å². The number of carbonyl (C=O) groups is 3. The van der Waals surface area contributed by atoms with E-state index >= 15 is 0 Å². The summed E-state index contributed by atoms with van der Waals surface area (Å²) in [7, 11) is 0. The summed E-state index contributed by atoms with van der Waals surface area (Å²) in [6.07, 6.45) is 1.34. The smallest absolute Gasteiger partial charge is 0.272 e. The Labute approximate surface area is 160 Å². The summed E-state index contributed by atoms with van der Waals surface area (Å²) in [6, 6.07) is 12.1. The van der Waals surface area contributed by atoms with Gasteiger partial charge in [0.2, 0.25) is 11.8 Å². The zero-order valence-electron chi connectivity index (χ0n) is 15.2. The van der Waals surface area contributed by atoms with Crippen LogP contribution in [0.2, 0.25) is 0 Å². The molecule has 0 atom stereocenters. The van der Waals surface area contributed by atoms with Gasteiger partial charge in [0.1, 0.15) is 5.70 Å². The molecule has 0 spiro atoms. The molecule has 0 saturated heterocycles. The molecule has 9 heteroatoms. The van der Waals surface area contributed by atoms with Crippen LogP contribution in [0.5, 0.6) is 0 Å². The molecule has 0 aliphatic rings. The van der Waals surface area contributed by atoms with Gasteiger partial charge in [0, 0.05) is 37.4 Å². The van der Waals surface area contributed by atoms with Crippen LogP contribution in [0.3, 0.4) is 0 Å². The number of benzene rings is 2. The molecule has 2 rings (SSSR count). The monoisotopic (exact) mass is 382 g/mol. The Morgan fingerprint density at radius 3 is 2.07 bits per heavy atom. The number of amides is 3. The Hall–Kier alpha value is -4.01. The van der Waals surface area contributed by atoms with E-state index in [1.807, 2.05) is 0 Å². The van der Waals surface area contributed by atoms with Gasteiger partial charge in [0.05, 0.1) is 4.92 Å². The van der Waals surface area contributed by atoms with E-state index in [1.165, 1.54) is 38.1 Å². The summed E-state index contributed by atoms with van der Waals surface area (Å²) in [6.45, 7) is 2.63. The molecule has 2 aromatic rings. The van der Waals surface area contributed by atoms with Crippen LogP contribution in [0.4, 0.5) is 17.1 Å². The van der Waals surface area contributed by atoms with Crippen molar-refractivity contribution in [2.75, 3.05) is 10.6 Å². The van der Waals surface area contributed by atoms with Gasteiger partial charge in [0.15, 0.2) is 0 Å². The minimum atomic E-state index is -0.603. The first kappa shape index (κ1) is 20.3. The Kier molecular flexibility index (Phi) is 6.58. The van der Waals surface area contributed by atoms with Crippen molar-refractivity contribution < 1.29 is 19.3 Å². The lowest BCUT2D eigenvalue weighted by molar-refractivity contribution is -0.384. The minimum absolute atomic E-state index is 0.0704. The quantitative estimate of drug-likeness (QED) is 0.402. The summed E-state index contributed by atoms with van der Waals surface area (Å²) >= 11 is 0. The molecule has 2 aromatic carbocycles. The third kappa shape index (κ3) is 6.06. The van der Waals surface area contributed by atoms with Crippen LogP contribution < -0.4 is 16.0 Å². The van der Waals surface area contributed by atoms with Crippen LogP contribution in [-0.2, 0) is 14.4 Å². The Morgan fingerprint density at radius 1 is 0.929 bits per heavy atom. The fourth-order valence-corrected chi connectivity index (χ4v) is 2.28. The van der Waals surface area contributed by atoms with Crippen molar-refractivity contribution in [1.82, 2.24) is 5.32 Å². The number of nitrogens with zero attached hydrogens (tertiary/aromatic N) is 1. The molecule has 0 aliphatic heterocycles. The van der Waals surface area contributed by atoms with Crippen LogP contribution in [0.1, 0.15) is 19.4 Å². The highest BCUT2D eigenvalue weighted by molar-refractivity contribution is 6.08. The van der Waals surface area contributed by atoms with Gasteiger partial charge in [-0.25, -0.2) is 0 Å². The van der Waals surface area contributed by atoms with Gasteiger partial charge in [-0.1, -0.05) is 12.1 Å². The van der Waals surface area contributed by atoms with Gasteiger partial charge >= 0.3 is 0 Å². The molecule has 0 fully saturated rings. The number of nitrogens with one attached hydrogen (secondary N) is 3. The van der Waals surface area contributed by atoms with Crippen LogP contribution in [0.25, 0.3) is 6.08 Å². The topological polar surface area (TPSA) is 130 Å². The van der Waals surface area contributed by atoms with Gasteiger partial charge in [-0.05, 0) is 35.9 Å². The number of anilines is 2. The number of carbonyl (C=O) groups excluding carboxylic acids is 3. The van der Waals surface area contributed by atoms with E-state index in [9.17, 15) is 24.5 Å². The Balaban J connectivity index is 2.23. The first-order valence-corrected chi connectivity index (χ1v) is 8.17. The molecular weight excluding hydrogens is 364 g/mol. The van der Waals surface area contributed by atoms with Crippen LogP contribution in [0.15, 0.2) is 54.2 Å². The molecule has 0 radical (unpaired) electrons. The summed E-state index contributed by atoms with van der Waals surface area (Å²) < 4.78 is 0. The predicted molar refractivity (Wildman–Crippen MR) is 104 cm³/mol. The standard InChI is InChI=1S/C19H18N4O5/c1-12(24)20-15-6-8-16(9-7-15)22-19(26)18(21-13(2)25)11-14-4-3-5-17(10-14)23(27)28/h3-11H,1-2H3,(H,20,24)(H,21,25)(H,22,26)/b18-11-. The molecule has 0 saturated carbocycles. The number of hydrogen-bond donors (Lipinski definition) is 3. The molecular formula is C19H18N4O5. The normalized spacial score (nSPS) is 10.7. The molecule has 0 unspecified atom stereocenters. The largest absolute Gasteiger partial charge is 0.326 e. The van der Waals surface area contributed by atoms with Crippen molar-refractivity contribution in [3.8, 4) is 0 Å². The molecule has 28 heavy (non-hydrogen) atoms. The summed E-state index contributed by atoms with van der Waals surface area (Å²) in [5.41, 5.74) is 1.19. The Bertz CT molecular complexity index is 951. The highest BCUT2D eigenvalue weighted by Gasteiger charge is 2.13. The lowest BCUT2D eigenvalue weighted by Crippen LogP contribution is -2.28. The van der Waals surface area contributed by atoms with Gasteiger partial charge < -0.3 is 16.0 Å². The van der Waals surface area contributed by atoms with E-state index in [0.29, 0.717) is 16.9 Å². The predicted octanol–water partition coefficient (Wildman–Crippen LogP) is 2.67. The van der Waals surface area contributed by atoms with Crippen molar-refractivity contribution in [2.45, 2.75) is 13.8 Å². The minimum Gasteiger partial charge on any atom is -0.326 e. The second kappa shape index (κ2) is 9.08. The zero-order valence-corrected chi connectivity index (χ0v) is 15.2. The first-order valence-electron chi connectivity index (χ1n) is 8.17. The fourth-order valence-electron chi connectivity index (χ4n) is 2.28. The first-order chi connectivity index (χ1) is 13.2. The SMILES string of the molecule is CC(=O)N/C(=C\c1cccc([N+](=O)[O-])c1)C(=O)Nc1ccc(NC(C)=O)cc1. The van der Waals surface area contributed by atoms with Gasteiger partial charge in [-0.15, -0.1) is 0 Å². The average molecular weight is 382 g/mol. The molecule has 0 aromatic heterocycles. The average Bonchev–Trinajstić information content (AvgIpc) is 2.62. The molecule has 0 heterocycles. The van der Waals surface area contributed by atoms with Crippen molar-refractivity contribution in [3.05, 3.63) is 69.9 Å². The molecule has 144 valence electrons. The Morgan fingerprint density at radius 2 is 1.54 bits per heavy atom. The van der Waals surface area contributed by atoms with E-state index < -0.39 is 16.7 Å². The molecule has 9 nitrogen and oxygen atoms in total. The molecule has 3 amide bonds. The second-order valence-electron chi connectivity index (χ2n) is 5.80. The third-order valence-corrected chi connectivity index (χ3v) is 3.41. The fraction of sp³-hybridized carbons (Fsp3) is 0.105. The van der Waals surface area contributed by atoms with Crippen LogP contribution in [0, 0.1) is 10.1 Å². The van der Waals surface area contributed by atoms with Gasteiger partial charge in [-0.2, -0.15) is 0 Å². The van der Waals surface area contributed by atoms with Crippen molar-refractivity contribution in [2.24, 2.45) is 0 Å². The maximum Gasteiger partial charge on any atom is 0.272 e. The van der Waals surface area contributed by atoms with E-state index in [-0.39, 0.29) is 17.3 Å². The summed E-state index contributed by atoms with van der Waals surface area (Å²) in [5.74, 6) is -1.29. The van der Waals surface area contributed by atoms with E-state index in [1.54, 1.807) is 30.3 Å². The van der Waals surface area contributed by atoms with Gasteiger partial charge in [0.25, 0.3) is 11.6 Å². The lowest BCUT2D eigenvalue weighted by Gasteiger charge is -2.10. The van der Waals surface area contributed by atoms with Crippen LogP contribution in [-0.4, -0.2) is 22.6 Å². The number of rotatable bonds is 6. The maximum atomic E-state index is 12.5. The van der Waals surface area contributed by atoms with Crippen molar-refractivity contribution >= 4 is 40.9 Å². The molecule has 0 aliphatic carbocycles. The van der Waals surface area contributed by atoms with E-state index in [2.05, 4.69) is 16.0 Å². The van der Waals surface area contributed by atoms with Gasteiger partial charge in [-0.3, -0.25) is 24.5 Å². The highest BCUT2D eigenvalue weighted by atomic mass is 16.6. The highest BCUT2D eigenvalue weighted by Crippen LogP contribution is 2.17. The van der Waals surface area contributed by atoms with Crippen LogP contribution >= 0.6 is 0 Å². The summed E-state index contributed by atoms with van der Waals surface area (Å²) in [4.78, 5) is 45.4. The van der Waals surface area contributed by atoms with Crippen molar-refractivity contribution in [1.29, 1.82) is 0 Å². The number of non-ortho nitro benzene ring substituents is 1. The maximum absolute atomic E-state index is 12.5. The molecule has 0 bridgehead atoms. The number of nitro benzene ring substituents is 1. The zero-order chi connectivity index (χ0) is 20.7. The number of hydrogen-bond acceptors (Lipinski definition) is 5. The van der Waals surface area contributed by atoms with E-state index in [4.69, 9.17) is 0 Å². The number of nitro groups is 1.